The summed E-state index contributed by atoms with van der Waals surface area (Å²) < 4.78 is 6.36. The van der Waals surface area contributed by atoms with Crippen molar-refractivity contribution in [3.05, 3.63) is 72.3 Å². The van der Waals surface area contributed by atoms with E-state index in [-0.39, 0.29) is 6.10 Å². The van der Waals surface area contributed by atoms with Crippen molar-refractivity contribution in [2.75, 3.05) is 0 Å². The molecule has 0 aliphatic heterocycles. The summed E-state index contributed by atoms with van der Waals surface area (Å²) in [6.45, 7) is 6.33. The van der Waals surface area contributed by atoms with Gasteiger partial charge in [-0.1, -0.05) is 72.3 Å². The van der Waals surface area contributed by atoms with Gasteiger partial charge in [-0.25, -0.2) is 0 Å². The predicted octanol–water partition coefficient (Wildman–Crippen LogP) is 3.16. The molecule has 2 rings (SSSR count). The van der Waals surface area contributed by atoms with Crippen LogP contribution in [-0.2, 0) is 4.43 Å². The third-order valence-electron chi connectivity index (χ3n) is 2.94. The van der Waals surface area contributed by atoms with Crippen LogP contribution in [0.2, 0.25) is 0 Å². The van der Waals surface area contributed by atoms with E-state index in [0.29, 0.717) is 0 Å². The summed E-state index contributed by atoms with van der Waals surface area (Å²) >= 11 is 0. The zero-order chi connectivity index (χ0) is 14.4. The molecular formula is C18H21OSi. The molecule has 103 valence electrons. The first-order valence-corrected chi connectivity index (χ1v) is 8.37. The summed E-state index contributed by atoms with van der Waals surface area (Å²) in [5, 5.41) is 2.58. The van der Waals surface area contributed by atoms with Crippen molar-refractivity contribution >= 4 is 19.4 Å². The minimum atomic E-state index is -1.19. The highest BCUT2D eigenvalue weighted by Crippen LogP contribution is 2.03. The van der Waals surface area contributed by atoms with E-state index >= 15 is 0 Å². The van der Waals surface area contributed by atoms with Crippen molar-refractivity contribution in [3.63, 3.8) is 0 Å². The zero-order valence-corrected chi connectivity index (χ0v) is 13.3. The molecule has 1 radical (unpaired) electrons. The normalized spacial score (nSPS) is 12.2. The Hall–Kier alpha value is -1.64. The Morgan fingerprint density at radius 3 is 1.75 bits per heavy atom. The Balaban J connectivity index is 2.28. The Bertz CT molecular complexity index is 505. The minimum Gasteiger partial charge on any atom is -0.401 e. The maximum absolute atomic E-state index is 6.36. The van der Waals surface area contributed by atoms with Gasteiger partial charge in [0.2, 0.25) is 0 Å². The van der Waals surface area contributed by atoms with Gasteiger partial charge in [0.05, 0.1) is 6.10 Å². The Labute approximate surface area is 123 Å². The van der Waals surface area contributed by atoms with Gasteiger partial charge < -0.3 is 4.43 Å². The van der Waals surface area contributed by atoms with E-state index in [1.807, 2.05) is 12.1 Å². The molecule has 1 unspecified atom stereocenters. The van der Waals surface area contributed by atoms with E-state index in [2.05, 4.69) is 75.4 Å². The quantitative estimate of drug-likeness (QED) is 0.604. The maximum Gasteiger partial charge on any atom is 0.283 e. The second-order valence-corrected chi connectivity index (χ2v) is 7.18. The number of rotatable bonds is 5. The van der Waals surface area contributed by atoms with Crippen molar-refractivity contribution in [2.24, 2.45) is 0 Å². The van der Waals surface area contributed by atoms with E-state index in [1.165, 1.54) is 15.9 Å². The van der Waals surface area contributed by atoms with Gasteiger partial charge in [0.15, 0.2) is 0 Å². The summed E-state index contributed by atoms with van der Waals surface area (Å²) in [4.78, 5) is 0. The fraction of sp³-hybridized carbons (Fsp3) is 0.222. The second kappa shape index (κ2) is 7.22. The van der Waals surface area contributed by atoms with E-state index < -0.39 is 9.04 Å². The molecule has 0 bridgehead atoms. The lowest BCUT2D eigenvalue weighted by Gasteiger charge is -2.19. The molecule has 0 heterocycles. The molecule has 0 N–H and O–H groups in total. The molecule has 0 aromatic heterocycles. The number of benzene rings is 2. The predicted molar refractivity (Wildman–Crippen MR) is 87.9 cm³/mol. The van der Waals surface area contributed by atoms with Crippen molar-refractivity contribution < 1.29 is 4.43 Å². The van der Waals surface area contributed by atoms with E-state index in [0.717, 1.165) is 0 Å². The minimum absolute atomic E-state index is 0.134. The molecular weight excluding hydrogens is 260 g/mol. The van der Waals surface area contributed by atoms with Crippen LogP contribution >= 0.6 is 0 Å². The summed E-state index contributed by atoms with van der Waals surface area (Å²) in [5.74, 6) is 0. The lowest BCUT2D eigenvalue weighted by molar-refractivity contribution is 0.281. The molecule has 0 aliphatic rings. The fourth-order valence-corrected chi connectivity index (χ4v) is 4.21. The Morgan fingerprint density at radius 1 is 0.900 bits per heavy atom. The zero-order valence-electron chi connectivity index (χ0n) is 12.3. The molecule has 2 aromatic carbocycles. The largest absolute Gasteiger partial charge is 0.401 e. The molecule has 1 nitrogen and oxygen atoms in total. The third kappa shape index (κ3) is 4.19. The van der Waals surface area contributed by atoms with Gasteiger partial charge >= 0.3 is 0 Å². The maximum atomic E-state index is 6.36. The van der Waals surface area contributed by atoms with Gasteiger partial charge in [0.1, 0.15) is 0 Å². The van der Waals surface area contributed by atoms with Crippen LogP contribution in [0.15, 0.2) is 72.3 Å². The van der Waals surface area contributed by atoms with Crippen molar-refractivity contribution in [2.45, 2.75) is 26.9 Å². The first kappa shape index (κ1) is 14.8. The molecule has 0 saturated heterocycles. The first-order chi connectivity index (χ1) is 9.66. The molecule has 0 fully saturated rings. The van der Waals surface area contributed by atoms with Crippen molar-refractivity contribution in [3.8, 4) is 0 Å². The lowest BCUT2D eigenvalue weighted by Crippen LogP contribution is -2.46. The van der Waals surface area contributed by atoms with Crippen LogP contribution in [0.1, 0.15) is 20.8 Å². The van der Waals surface area contributed by atoms with Crippen LogP contribution in [0.25, 0.3) is 0 Å². The van der Waals surface area contributed by atoms with Crippen LogP contribution in [0.4, 0.5) is 0 Å². The molecule has 0 spiro atoms. The smallest absolute Gasteiger partial charge is 0.283 e. The molecule has 1 atom stereocenters. The summed E-state index contributed by atoms with van der Waals surface area (Å²) in [5.41, 5.74) is 1.29. The van der Waals surface area contributed by atoms with Gasteiger partial charge in [-0.15, -0.1) is 0 Å². The van der Waals surface area contributed by atoms with Gasteiger partial charge in [-0.3, -0.25) is 0 Å². The molecule has 2 aromatic rings. The Morgan fingerprint density at radius 2 is 1.35 bits per heavy atom. The fourth-order valence-electron chi connectivity index (χ4n) is 2.17. The molecule has 20 heavy (non-hydrogen) atoms. The average Bonchev–Trinajstić information content (AvgIpc) is 2.46. The first-order valence-electron chi connectivity index (χ1n) is 6.96. The highest BCUT2D eigenvalue weighted by molar-refractivity contribution is 6.80. The number of hydrogen-bond donors (Lipinski definition) is 0. The standard InChI is InChI=1S/C18H21OSi/c1-15(2)14-16(3)19-20(17-10-6-4-7-11-17)18-12-8-5-9-13-18/h4-14,16H,1-3H3. The molecule has 0 saturated carbocycles. The summed E-state index contributed by atoms with van der Waals surface area (Å²) in [6.07, 6.45) is 2.31. The lowest BCUT2D eigenvalue weighted by atomic mass is 10.2. The van der Waals surface area contributed by atoms with Gasteiger partial charge in [-0.2, -0.15) is 0 Å². The van der Waals surface area contributed by atoms with Crippen LogP contribution < -0.4 is 10.4 Å². The average molecular weight is 281 g/mol. The van der Waals surface area contributed by atoms with Gasteiger partial charge in [-0.05, 0) is 31.1 Å². The third-order valence-corrected chi connectivity index (χ3v) is 5.27. The van der Waals surface area contributed by atoms with Crippen LogP contribution in [0, 0.1) is 0 Å². The highest BCUT2D eigenvalue weighted by atomic mass is 28.3. The van der Waals surface area contributed by atoms with Crippen LogP contribution in [0.3, 0.4) is 0 Å². The van der Waals surface area contributed by atoms with Gasteiger partial charge in [0, 0.05) is 0 Å². The van der Waals surface area contributed by atoms with Crippen molar-refractivity contribution in [1.82, 2.24) is 0 Å². The number of allylic oxidation sites excluding steroid dienone is 1. The van der Waals surface area contributed by atoms with Gasteiger partial charge in [0.25, 0.3) is 9.04 Å². The molecule has 0 aliphatic carbocycles. The molecule has 2 heteroatoms. The Kier molecular flexibility index (Phi) is 5.33. The summed E-state index contributed by atoms with van der Waals surface area (Å²) in [7, 11) is -1.19. The van der Waals surface area contributed by atoms with E-state index in [1.54, 1.807) is 0 Å². The van der Waals surface area contributed by atoms with Crippen LogP contribution in [-0.4, -0.2) is 15.1 Å². The SMILES string of the molecule is CC(C)=CC(C)O[Si](c1ccccc1)c1ccccc1. The molecule has 0 amide bonds. The topological polar surface area (TPSA) is 9.23 Å². The van der Waals surface area contributed by atoms with E-state index in [4.69, 9.17) is 4.43 Å². The second-order valence-electron chi connectivity index (χ2n) is 5.13. The van der Waals surface area contributed by atoms with E-state index in [9.17, 15) is 0 Å². The number of hydrogen-bond acceptors (Lipinski definition) is 1. The highest BCUT2D eigenvalue weighted by Gasteiger charge is 2.20. The monoisotopic (exact) mass is 281 g/mol. The van der Waals surface area contributed by atoms with Crippen LogP contribution in [0.5, 0.6) is 0 Å². The summed E-state index contributed by atoms with van der Waals surface area (Å²) in [6, 6.07) is 21.1. The van der Waals surface area contributed by atoms with Crippen molar-refractivity contribution in [1.29, 1.82) is 0 Å².